The number of nitrogens with two attached hydrogens (primary N) is 1. The molecule has 0 saturated carbocycles. The molecule has 1 heterocycles. The molecule has 0 aliphatic carbocycles. The van der Waals surface area contributed by atoms with Crippen molar-refractivity contribution >= 4 is 17.3 Å². The summed E-state index contributed by atoms with van der Waals surface area (Å²) in [6, 6.07) is 1.18. The lowest BCUT2D eigenvalue weighted by Gasteiger charge is -2.05. The second kappa shape index (κ2) is 3.50. The zero-order valence-electron chi connectivity index (χ0n) is 6.11. The number of rotatable bonds is 2. The van der Waals surface area contributed by atoms with Gasteiger partial charge in [-0.15, -0.1) is 0 Å². The number of hydrogen-bond donors (Lipinski definition) is 1. The van der Waals surface area contributed by atoms with Gasteiger partial charge in [0.05, 0.1) is 7.11 Å². The maximum atomic E-state index is 10.9. The number of carbonyl (C=O) groups excluding carboxylic acids is 1. The van der Waals surface area contributed by atoms with Crippen LogP contribution in [-0.2, 0) is 9.53 Å². The van der Waals surface area contributed by atoms with Crippen LogP contribution in [-0.4, -0.2) is 13.1 Å². The fourth-order valence-corrected chi connectivity index (χ4v) is 1.41. The lowest BCUT2D eigenvalue weighted by molar-refractivity contribution is -0.142. The van der Waals surface area contributed by atoms with Crippen molar-refractivity contribution in [1.82, 2.24) is 0 Å². The number of esters is 1. The van der Waals surface area contributed by atoms with E-state index in [1.807, 2.05) is 16.8 Å². The molecule has 3 nitrogen and oxygen atoms in total. The van der Waals surface area contributed by atoms with E-state index in [2.05, 4.69) is 4.74 Å². The smallest absolute Gasteiger partial charge is 0.327 e. The Kier molecular flexibility index (Phi) is 2.62. The molecule has 0 spiro atoms. The van der Waals surface area contributed by atoms with Gasteiger partial charge in [-0.25, -0.2) is 0 Å². The maximum Gasteiger partial charge on any atom is 0.327 e. The second-order valence-electron chi connectivity index (χ2n) is 2.06. The summed E-state index contributed by atoms with van der Waals surface area (Å²) in [7, 11) is 1.33. The first-order valence-electron chi connectivity index (χ1n) is 3.11. The summed E-state index contributed by atoms with van der Waals surface area (Å²) in [6.07, 6.45) is 0. The molecular weight excluding hydrogens is 162 g/mol. The fourth-order valence-electron chi connectivity index (χ4n) is 0.715. The van der Waals surface area contributed by atoms with Crippen LogP contribution in [0.5, 0.6) is 0 Å². The minimum atomic E-state index is -0.633. The van der Waals surface area contributed by atoms with Crippen molar-refractivity contribution in [3.8, 4) is 0 Å². The highest BCUT2D eigenvalue weighted by atomic mass is 32.1. The van der Waals surface area contributed by atoms with Gasteiger partial charge < -0.3 is 10.5 Å². The van der Waals surface area contributed by atoms with E-state index in [1.54, 1.807) is 0 Å². The second-order valence-corrected chi connectivity index (χ2v) is 2.84. The highest BCUT2D eigenvalue weighted by Crippen LogP contribution is 2.14. The first-order chi connectivity index (χ1) is 5.25. The molecule has 1 rings (SSSR count). The number of carbonyl (C=O) groups is 1. The third-order valence-corrected chi connectivity index (χ3v) is 2.06. The Morgan fingerprint density at radius 1 is 1.82 bits per heavy atom. The third-order valence-electron chi connectivity index (χ3n) is 1.36. The summed E-state index contributed by atoms with van der Waals surface area (Å²) in [5, 5.41) is 3.71. The van der Waals surface area contributed by atoms with Gasteiger partial charge in [0.15, 0.2) is 0 Å². The van der Waals surface area contributed by atoms with Gasteiger partial charge in [0.2, 0.25) is 0 Å². The molecular formula is C7H9NO2S. The van der Waals surface area contributed by atoms with Crippen LogP contribution in [0, 0.1) is 0 Å². The van der Waals surface area contributed by atoms with E-state index in [-0.39, 0.29) is 0 Å². The van der Waals surface area contributed by atoms with Crippen molar-refractivity contribution in [1.29, 1.82) is 0 Å². The maximum absolute atomic E-state index is 10.9. The first-order valence-corrected chi connectivity index (χ1v) is 4.05. The molecule has 0 bridgehead atoms. The van der Waals surface area contributed by atoms with Gasteiger partial charge in [-0.2, -0.15) is 11.3 Å². The van der Waals surface area contributed by atoms with Gasteiger partial charge in [-0.3, -0.25) is 4.79 Å². The van der Waals surface area contributed by atoms with E-state index >= 15 is 0 Å². The van der Waals surface area contributed by atoms with Gasteiger partial charge in [0.1, 0.15) is 6.04 Å². The largest absolute Gasteiger partial charge is 0.468 e. The summed E-state index contributed by atoms with van der Waals surface area (Å²) < 4.78 is 4.48. The molecule has 0 saturated heterocycles. The van der Waals surface area contributed by atoms with Crippen LogP contribution in [0.2, 0.25) is 0 Å². The lowest BCUT2D eigenvalue weighted by Crippen LogP contribution is -2.21. The van der Waals surface area contributed by atoms with E-state index in [1.165, 1.54) is 18.4 Å². The first kappa shape index (κ1) is 8.23. The van der Waals surface area contributed by atoms with Gasteiger partial charge >= 0.3 is 5.97 Å². The van der Waals surface area contributed by atoms with Gasteiger partial charge in [0, 0.05) is 0 Å². The highest BCUT2D eigenvalue weighted by Gasteiger charge is 2.15. The van der Waals surface area contributed by atoms with Crippen molar-refractivity contribution in [3.05, 3.63) is 22.4 Å². The summed E-state index contributed by atoms with van der Waals surface area (Å²) in [4.78, 5) is 10.9. The summed E-state index contributed by atoms with van der Waals surface area (Å²) in [5.74, 6) is -0.400. The van der Waals surface area contributed by atoms with Crippen molar-refractivity contribution in [2.75, 3.05) is 7.11 Å². The third kappa shape index (κ3) is 1.78. The normalized spacial score (nSPS) is 12.5. The summed E-state index contributed by atoms with van der Waals surface area (Å²) in [5.41, 5.74) is 6.33. The molecule has 2 N–H and O–H groups in total. The fraction of sp³-hybridized carbons (Fsp3) is 0.286. The number of methoxy groups -OCH3 is 1. The number of ether oxygens (including phenoxy) is 1. The number of thiophene rings is 1. The highest BCUT2D eigenvalue weighted by molar-refractivity contribution is 7.08. The Bertz CT molecular complexity index is 233. The quantitative estimate of drug-likeness (QED) is 0.673. The summed E-state index contributed by atoms with van der Waals surface area (Å²) >= 11 is 1.51. The van der Waals surface area contributed by atoms with Crippen LogP contribution in [0.3, 0.4) is 0 Å². The Morgan fingerprint density at radius 2 is 2.55 bits per heavy atom. The average molecular weight is 171 g/mol. The molecule has 11 heavy (non-hydrogen) atoms. The molecule has 0 aromatic carbocycles. The zero-order chi connectivity index (χ0) is 8.27. The molecule has 60 valence electrons. The van der Waals surface area contributed by atoms with Gasteiger partial charge in [-0.1, -0.05) is 0 Å². The van der Waals surface area contributed by atoms with Crippen LogP contribution in [0.25, 0.3) is 0 Å². The van der Waals surface area contributed by atoms with Crippen molar-refractivity contribution in [2.45, 2.75) is 6.04 Å². The zero-order valence-corrected chi connectivity index (χ0v) is 6.93. The van der Waals surface area contributed by atoms with Crippen LogP contribution >= 0.6 is 11.3 Å². The van der Waals surface area contributed by atoms with E-state index in [9.17, 15) is 4.79 Å². The van der Waals surface area contributed by atoms with E-state index in [0.29, 0.717) is 0 Å². The molecule has 1 aromatic heterocycles. The molecule has 0 aliphatic heterocycles. The summed E-state index contributed by atoms with van der Waals surface area (Å²) in [6.45, 7) is 0. The monoisotopic (exact) mass is 171 g/mol. The molecule has 0 amide bonds. The molecule has 4 heteroatoms. The van der Waals surface area contributed by atoms with E-state index in [4.69, 9.17) is 5.73 Å². The van der Waals surface area contributed by atoms with Crippen LogP contribution in [0.4, 0.5) is 0 Å². The molecule has 0 aliphatic rings. The Labute approximate surface area is 68.8 Å². The average Bonchev–Trinajstić information content (AvgIpc) is 2.53. The van der Waals surface area contributed by atoms with Gasteiger partial charge in [-0.05, 0) is 22.4 Å². The Morgan fingerprint density at radius 3 is 3.00 bits per heavy atom. The molecule has 1 aromatic rings. The van der Waals surface area contributed by atoms with Crippen molar-refractivity contribution in [2.24, 2.45) is 5.73 Å². The molecule has 0 radical (unpaired) electrons. The molecule has 0 fully saturated rings. The lowest BCUT2D eigenvalue weighted by atomic mass is 10.2. The van der Waals surface area contributed by atoms with Crippen LogP contribution < -0.4 is 5.73 Å². The van der Waals surface area contributed by atoms with Crippen LogP contribution in [0.15, 0.2) is 16.8 Å². The minimum absolute atomic E-state index is 0.400. The number of hydrogen-bond acceptors (Lipinski definition) is 4. The molecule has 0 unspecified atom stereocenters. The molecule has 1 atom stereocenters. The standard InChI is InChI=1S/C7H9NO2S/c1-10-7(9)6(8)5-2-3-11-4-5/h2-4,6H,8H2,1H3/t6-/m1/s1. The Hall–Kier alpha value is -0.870. The topological polar surface area (TPSA) is 52.3 Å². The van der Waals surface area contributed by atoms with Crippen molar-refractivity contribution < 1.29 is 9.53 Å². The van der Waals surface area contributed by atoms with Crippen molar-refractivity contribution in [3.63, 3.8) is 0 Å². The van der Waals surface area contributed by atoms with Crippen LogP contribution in [0.1, 0.15) is 11.6 Å². The minimum Gasteiger partial charge on any atom is -0.468 e. The Balaban J connectivity index is 2.70. The SMILES string of the molecule is COC(=O)[C@H](N)c1ccsc1. The van der Waals surface area contributed by atoms with E-state index < -0.39 is 12.0 Å². The van der Waals surface area contributed by atoms with E-state index in [0.717, 1.165) is 5.56 Å². The van der Waals surface area contributed by atoms with Gasteiger partial charge in [0.25, 0.3) is 0 Å². The predicted octanol–water partition coefficient (Wildman–Crippen LogP) is 0.921. The predicted molar refractivity (Wildman–Crippen MR) is 43.3 cm³/mol.